The van der Waals surface area contributed by atoms with E-state index in [1.54, 1.807) is 19.0 Å². The van der Waals surface area contributed by atoms with Gasteiger partial charge in [0.25, 0.3) is 0 Å². The highest BCUT2D eigenvalue weighted by Gasteiger charge is 2.19. The van der Waals surface area contributed by atoms with Crippen molar-refractivity contribution in [2.24, 2.45) is 5.92 Å². The molecule has 0 aliphatic carbocycles. The molecule has 1 heterocycles. The molecule has 1 fully saturated rings. The quantitative estimate of drug-likeness (QED) is 0.668. The number of hydrogen-bond acceptors (Lipinski definition) is 4. The minimum atomic E-state index is -0.806. The van der Waals surface area contributed by atoms with Crippen molar-refractivity contribution in [1.29, 1.82) is 0 Å². The van der Waals surface area contributed by atoms with Gasteiger partial charge in [-0.05, 0) is 44.8 Å². The number of carboxylic acids is 1. The third-order valence-corrected chi connectivity index (χ3v) is 3.68. The summed E-state index contributed by atoms with van der Waals surface area (Å²) in [6.45, 7) is 3.84. The van der Waals surface area contributed by atoms with Crippen LogP contribution in [0.5, 0.6) is 0 Å². The highest BCUT2D eigenvalue weighted by molar-refractivity contribution is 5.75. The predicted molar refractivity (Wildman–Crippen MR) is 77.6 cm³/mol. The zero-order valence-corrected chi connectivity index (χ0v) is 12.6. The van der Waals surface area contributed by atoms with Crippen molar-refractivity contribution < 1.29 is 14.7 Å². The van der Waals surface area contributed by atoms with E-state index >= 15 is 0 Å². The average molecular weight is 285 g/mol. The fourth-order valence-corrected chi connectivity index (χ4v) is 2.58. The van der Waals surface area contributed by atoms with Gasteiger partial charge in [-0.3, -0.25) is 9.59 Å². The monoisotopic (exact) mass is 285 g/mol. The van der Waals surface area contributed by atoms with Crippen molar-refractivity contribution in [3.05, 3.63) is 0 Å². The Morgan fingerprint density at radius 1 is 1.40 bits per heavy atom. The molecule has 1 unspecified atom stereocenters. The fourth-order valence-electron chi connectivity index (χ4n) is 2.58. The van der Waals surface area contributed by atoms with Crippen LogP contribution in [0.2, 0.25) is 0 Å². The van der Waals surface area contributed by atoms with Gasteiger partial charge in [0, 0.05) is 27.1 Å². The molecule has 1 saturated heterocycles. The van der Waals surface area contributed by atoms with Gasteiger partial charge in [0.2, 0.25) is 5.91 Å². The number of hydrogen-bond donors (Lipinski definition) is 2. The summed E-state index contributed by atoms with van der Waals surface area (Å²) >= 11 is 0. The molecule has 1 rings (SSSR count). The lowest BCUT2D eigenvalue weighted by Gasteiger charge is -2.32. The van der Waals surface area contributed by atoms with Crippen molar-refractivity contribution in [3.63, 3.8) is 0 Å². The summed E-state index contributed by atoms with van der Waals surface area (Å²) in [6.07, 6.45) is 3.80. The Kier molecular flexibility index (Phi) is 7.54. The van der Waals surface area contributed by atoms with Crippen LogP contribution >= 0.6 is 0 Å². The lowest BCUT2D eigenvalue weighted by molar-refractivity contribution is -0.136. The Morgan fingerprint density at radius 3 is 2.80 bits per heavy atom. The Hall–Kier alpha value is -1.14. The molecule has 0 aromatic heterocycles. The zero-order chi connectivity index (χ0) is 15.0. The Labute approximate surface area is 121 Å². The molecule has 1 aliphatic heterocycles. The Balaban J connectivity index is 2.17. The van der Waals surface area contributed by atoms with Crippen LogP contribution in [-0.2, 0) is 9.59 Å². The topological polar surface area (TPSA) is 72.9 Å². The van der Waals surface area contributed by atoms with Gasteiger partial charge in [0.05, 0.1) is 6.54 Å². The van der Waals surface area contributed by atoms with Crippen LogP contribution in [0.3, 0.4) is 0 Å². The summed E-state index contributed by atoms with van der Waals surface area (Å²) in [5.74, 6) is -0.103. The molecule has 0 spiro atoms. The van der Waals surface area contributed by atoms with Gasteiger partial charge in [0.1, 0.15) is 0 Å². The van der Waals surface area contributed by atoms with Crippen molar-refractivity contribution in [2.45, 2.75) is 25.7 Å². The summed E-state index contributed by atoms with van der Waals surface area (Å²) in [7, 11) is 3.57. The van der Waals surface area contributed by atoms with E-state index in [1.165, 1.54) is 0 Å². The summed E-state index contributed by atoms with van der Waals surface area (Å²) in [6, 6.07) is 0. The van der Waals surface area contributed by atoms with Crippen LogP contribution < -0.4 is 5.32 Å². The molecule has 2 N–H and O–H groups in total. The minimum Gasteiger partial charge on any atom is -0.480 e. The molecule has 6 nitrogen and oxygen atoms in total. The van der Waals surface area contributed by atoms with Gasteiger partial charge >= 0.3 is 5.97 Å². The van der Waals surface area contributed by atoms with E-state index in [9.17, 15) is 9.59 Å². The van der Waals surface area contributed by atoms with E-state index in [1.807, 2.05) is 0 Å². The van der Waals surface area contributed by atoms with E-state index in [0.717, 1.165) is 45.4 Å². The van der Waals surface area contributed by atoms with Crippen molar-refractivity contribution >= 4 is 11.9 Å². The van der Waals surface area contributed by atoms with Gasteiger partial charge in [-0.1, -0.05) is 0 Å². The molecule has 1 atom stereocenters. The van der Waals surface area contributed by atoms with Crippen LogP contribution in [0.25, 0.3) is 0 Å². The highest BCUT2D eigenvalue weighted by Crippen LogP contribution is 2.16. The SMILES string of the molecule is CN(C)C(=O)CCCN1CCCC(CNCC(=O)O)C1. The van der Waals surface area contributed by atoms with Crippen LogP contribution in [0, 0.1) is 5.92 Å². The second kappa shape index (κ2) is 8.92. The lowest BCUT2D eigenvalue weighted by Crippen LogP contribution is -2.41. The van der Waals surface area contributed by atoms with Crippen LogP contribution in [0.1, 0.15) is 25.7 Å². The molecule has 116 valence electrons. The van der Waals surface area contributed by atoms with Crippen LogP contribution in [0.4, 0.5) is 0 Å². The number of nitrogens with zero attached hydrogens (tertiary/aromatic N) is 2. The molecule has 0 bridgehead atoms. The molecule has 1 aliphatic rings. The standard InChI is InChI=1S/C14H27N3O3/c1-16(2)13(18)6-4-8-17-7-3-5-12(11-17)9-15-10-14(19)20/h12,15H,3-11H2,1-2H3,(H,19,20). The van der Waals surface area contributed by atoms with E-state index < -0.39 is 5.97 Å². The first-order valence-corrected chi connectivity index (χ1v) is 7.34. The smallest absolute Gasteiger partial charge is 0.317 e. The third kappa shape index (κ3) is 6.86. The number of carboxylic acid groups (broad SMARTS) is 1. The average Bonchev–Trinajstić information content (AvgIpc) is 2.38. The van der Waals surface area contributed by atoms with E-state index in [-0.39, 0.29) is 12.5 Å². The molecule has 0 aromatic carbocycles. The van der Waals surface area contributed by atoms with Crippen molar-refractivity contribution in [3.8, 4) is 0 Å². The van der Waals surface area contributed by atoms with E-state index in [4.69, 9.17) is 5.11 Å². The van der Waals surface area contributed by atoms with Crippen LogP contribution in [0.15, 0.2) is 0 Å². The number of likely N-dealkylation sites (tertiary alicyclic amines) is 1. The molecule has 20 heavy (non-hydrogen) atoms. The van der Waals surface area contributed by atoms with Crippen LogP contribution in [-0.4, -0.2) is 73.6 Å². The van der Waals surface area contributed by atoms with Gasteiger partial charge in [0.15, 0.2) is 0 Å². The van der Waals surface area contributed by atoms with Gasteiger partial charge in [-0.2, -0.15) is 0 Å². The molecule has 1 amide bonds. The number of nitrogens with one attached hydrogen (secondary N) is 1. The Morgan fingerprint density at radius 2 is 2.15 bits per heavy atom. The molecular weight excluding hydrogens is 258 g/mol. The molecule has 0 aromatic rings. The number of carbonyl (C=O) groups excluding carboxylic acids is 1. The first-order chi connectivity index (χ1) is 9.49. The molecule has 6 heteroatoms. The number of rotatable bonds is 8. The summed E-state index contributed by atoms with van der Waals surface area (Å²) in [5.41, 5.74) is 0. The highest BCUT2D eigenvalue weighted by atomic mass is 16.4. The van der Waals surface area contributed by atoms with Crippen molar-refractivity contribution in [1.82, 2.24) is 15.1 Å². The maximum Gasteiger partial charge on any atom is 0.317 e. The third-order valence-electron chi connectivity index (χ3n) is 3.68. The molecular formula is C14H27N3O3. The normalized spacial score (nSPS) is 19.8. The largest absolute Gasteiger partial charge is 0.480 e. The van der Waals surface area contributed by atoms with Gasteiger partial charge in [-0.15, -0.1) is 0 Å². The van der Waals surface area contributed by atoms with E-state index in [2.05, 4.69) is 10.2 Å². The van der Waals surface area contributed by atoms with Gasteiger partial charge < -0.3 is 20.2 Å². The van der Waals surface area contributed by atoms with Gasteiger partial charge in [-0.25, -0.2) is 0 Å². The number of carbonyl (C=O) groups is 2. The maximum absolute atomic E-state index is 11.5. The first-order valence-electron chi connectivity index (χ1n) is 7.34. The number of amides is 1. The summed E-state index contributed by atoms with van der Waals surface area (Å²) in [5, 5.41) is 11.6. The summed E-state index contributed by atoms with van der Waals surface area (Å²) in [4.78, 5) is 26.0. The predicted octanol–water partition coefficient (Wildman–Crippen LogP) is 0.241. The fraction of sp³-hybridized carbons (Fsp3) is 0.857. The number of piperidine rings is 1. The Bertz CT molecular complexity index is 321. The second-order valence-electron chi connectivity index (χ2n) is 5.73. The van der Waals surface area contributed by atoms with E-state index in [0.29, 0.717) is 12.3 Å². The lowest BCUT2D eigenvalue weighted by atomic mass is 9.97. The first kappa shape index (κ1) is 16.9. The maximum atomic E-state index is 11.5. The molecule has 0 radical (unpaired) electrons. The van der Waals surface area contributed by atoms with Crippen molar-refractivity contribution in [2.75, 3.05) is 46.8 Å². The second-order valence-corrected chi connectivity index (χ2v) is 5.73. The molecule has 0 saturated carbocycles. The minimum absolute atomic E-state index is 0.0356. The summed E-state index contributed by atoms with van der Waals surface area (Å²) < 4.78 is 0. The number of aliphatic carboxylic acids is 1. The zero-order valence-electron chi connectivity index (χ0n) is 12.6.